The van der Waals surface area contributed by atoms with Gasteiger partial charge in [-0.05, 0) is 38.8 Å². The van der Waals surface area contributed by atoms with E-state index in [-0.39, 0.29) is 18.3 Å². The van der Waals surface area contributed by atoms with Crippen molar-refractivity contribution in [3.63, 3.8) is 0 Å². The van der Waals surface area contributed by atoms with Crippen molar-refractivity contribution in [2.75, 3.05) is 0 Å². The van der Waals surface area contributed by atoms with Crippen molar-refractivity contribution in [1.82, 2.24) is 4.98 Å². The number of pyridine rings is 1. The minimum atomic E-state index is -0.674. The van der Waals surface area contributed by atoms with Crippen molar-refractivity contribution in [3.8, 4) is 0 Å². The quantitative estimate of drug-likeness (QED) is 0.670. The highest BCUT2D eigenvalue weighted by Crippen LogP contribution is 2.38. The Hall–Kier alpha value is -1.13. The topological polar surface area (TPSA) is 59.4 Å². The molecule has 4 nitrogen and oxygen atoms in total. The highest BCUT2D eigenvalue weighted by molar-refractivity contribution is 6.29. The molecule has 1 aromatic rings. The summed E-state index contributed by atoms with van der Waals surface area (Å²) < 4.78 is 5.28. The van der Waals surface area contributed by atoms with Crippen LogP contribution in [0.5, 0.6) is 0 Å². The molecule has 0 saturated heterocycles. The molecule has 2 rings (SSSR count). The molecule has 1 aliphatic rings. The second kappa shape index (κ2) is 5.10. The number of hydrogen-bond acceptors (Lipinski definition) is 4. The van der Waals surface area contributed by atoms with E-state index in [2.05, 4.69) is 4.98 Å². The predicted octanol–water partition coefficient (Wildman–Crippen LogP) is 2.67. The second-order valence-corrected chi connectivity index (χ2v) is 6.29. The Labute approximate surface area is 117 Å². The Morgan fingerprint density at radius 3 is 2.89 bits per heavy atom. The third-order valence-electron chi connectivity index (χ3n) is 3.09. The second-order valence-electron chi connectivity index (χ2n) is 5.91. The Morgan fingerprint density at radius 2 is 2.26 bits per heavy atom. The van der Waals surface area contributed by atoms with Crippen molar-refractivity contribution >= 4 is 17.6 Å². The minimum absolute atomic E-state index is 0.162. The molecule has 1 heterocycles. The Morgan fingerprint density at radius 1 is 1.58 bits per heavy atom. The van der Waals surface area contributed by atoms with Gasteiger partial charge in [0.1, 0.15) is 10.8 Å². The van der Waals surface area contributed by atoms with Crippen molar-refractivity contribution in [3.05, 3.63) is 28.5 Å². The van der Waals surface area contributed by atoms with Gasteiger partial charge in [-0.15, -0.1) is 0 Å². The van der Waals surface area contributed by atoms with E-state index in [1.165, 1.54) is 0 Å². The molecule has 0 aromatic carbocycles. The van der Waals surface area contributed by atoms with Gasteiger partial charge in [0.2, 0.25) is 0 Å². The maximum absolute atomic E-state index is 11.8. The van der Waals surface area contributed by atoms with E-state index in [0.29, 0.717) is 11.6 Å². The SMILES string of the molecule is CC(C)(C)OC(=O)C[C@H]1Cc2cc(Cl)ncc2[C@@H]1O. The number of rotatable bonds is 2. The first-order valence-electron chi connectivity index (χ1n) is 6.30. The zero-order chi connectivity index (χ0) is 14.2. The molecule has 0 fully saturated rings. The molecular weight excluding hydrogens is 266 g/mol. The van der Waals surface area contributed by atoms with Crippen LogP contribution in [-0.2, 0) is 16.0 Å². The van der Waals surface area contributed by atoms with Crippen LogP contribution in [0.15, 0.2) is 12.3 Å². The molecule has 19 heavy (non-hydrogen) atoms. The van der Waals surface area contributed by atoms with Gasteiger partial charge in [-0.25, -0.2) is 4.98 Å². The highest BCUT2D eigenvalue weighted by Gasteiger charge is 2.34. The number of fused-ring (bicyclic) bond motifs is 1. The summed E-state index contributed by atoms with van der Waals surface area (Å²) in [6.45, 7) is 5.48. The van der Waals surface area contributed by atoms with Gasteiger partial charge in [0, 0.05) is 17.7 Å². The Balaban J connectivity index is 2.04. The van der Waals surface area contributed by atoms with Crippen LogP contribution in [0.4, 0.5) is 0 Å². The lowest BCUT2D eigenvalue weighted by molar-refractivity contribution is -0.156. The molecule has 1 N–H and O–H groups in total. The first-order chi connectivity index (χ1) is 8.76. The van der Waals surface area contributed by atoms with Crippen molar-refractivity contribution in [1.29, 1.82) is 0 Å². The average molecular weight is 284 g/mol. The number of carbonyl (C=O) groups excluding carboxylic acids is 1. The summed E-state index contributed by atoms with van der Waals surface area (Å²) in [5.74, 6) is -0.450. The lowest BCUT2D eigenvalue weighted by Crippen LogP contribution is -2.26. The summed E-state index contributed by atoms with van der Waals surface area (Å²) in [6, 6.07) is 1.75. The molecule has 0 aliphatic heterocycles. The van der Waals surface area contributed by atoms with Gasteiger partial charge in [-0.3, -0.25) is 4.79 Å². The molecule has 5 heteroatoms. The molecule has 1 aromatic heterocycles. The lowest BCUT2D eigenvalue weighted by atomic mass is 10.00. The number of halogens is 1. The van der Waals surface area contributed by atoms with Crippen molar-refractivity contribution in [2.24, 2.45) is 5.92 Å². The fourth-order valence-electron chi connectivity index (χ4n) is 2.35. The van der Waals surface area contributed by atoms with E-state index in [0.717, 1.165) is 11.1 Å². The first kappa shape index (κ1) is 14.3. The molecule has 104 valence electrons. The van der Waals surface area contributed by atoms with Crippen LogP contribution in [-0.4, -0.2) is 21.7 Å². The predicted molar refractivity (Wildman–Crippen MR) is 71.9 cm³/mol. The number of carbonyl (C=O) groups is 1. The smallest absolute Gasteiger partial charge is 0.306 e. The fourth-order valence-corrected chi connectivity index (χ4v) is 2.53. The van der Waals surface area contributed by atoms with Crippen molar-refractivity contribution in [2.45, 2.75) is 45.3 Å². The Bertz CT molecular complexity index is 496. The van der Waals surface area contributed by atoms with Crippen LogP contribution in [0, 0.1) is 5.92 Å². The van der Waals surface area contributed by atoms with Crippen LogP contribution in [0.1, 0.15) is 44.4 Å². The summed E-state index contributed by atoms with van der Waals surface area (Å²) in [4.78, 5) is 15.8. The van der Waals surface area contributed by atoms with Crippen LogP contribution in [0.3, 0.4) is 0 Å². The van der Waals surface area contributed by atoms with E-state index in [1.54, 1.807) is 12.3 Å². The zero-order valence-corrected chi connectivity index (χ0v) is 12.1. The average Bonchev–Trinajstić information content (AvgIpc) is 2.52. The molecule has 0 saturated carbocycles. The molecule has 2 atom stereocenters. The van der Waals surface area contributed by atoms with Gasteiger partial charge in [0.05, 0.1) is 12.5 Å². The van der Waals surface area contributed by atoms with E-state index >= 15 is 0 Å². The maximum atomic E-state index is 11.8. The largest absolute Gasteiger partial charge is 0.460 e. The first-order valence-corrected chi connectivity index (χ1v) is 6.68. The number of esters is 1. The van der Waals surface area contributed by atoms with Gasteiger partial charge in [-0.1, -0.05) is 11.6 Å². The summed E-state index contributed by atoms with van der Waals surface area (Å²) in [6.07, 6.45) is 1.73. The standard InChI is InChI=1S/C14H18ClNO3/c1-14(2,3)19-12(17)6-9-4-8-5-11(15)16-7-10(8)13(9)18/h5,7,9,13,18H,4,6H2,1-3H3/t9-,13-/m1/s1. The number of aromatic nitrogens is 1. The van der Waals surface area contributed by atoms with Crippen LogP contribution in [0.2, 0.25) is 5.15 Å². The number of nitrogens with zero attached hydrogens (tertiary/aromatic N) is 1. The monoisotopic (exact) mass is 283 g/mol. The van der Waals surface area contributed by atoms with Crippen molar-refractivity contribution < 1.29 is 14.6 Å². The van der Waals surface area contributed by atoms with Gasteiger partial charge < -0.3 is 9.84 Å². The molecule has 0 radical (unpaired) electrons. The van der Waals surface area contributed by atoms with E-state index in [1.807, 2.05) is 20.8 Å². The van der Waals surface area contributed by atoms with Gasteiger partial charge in [-0.2, -0.15) is 0 Å². The summed E-state index contributed by atoms with van der Waals surface area (Å²) in [5, 5.41) is 10.6. The summed E-state index contributed by atoms with van der Waals surface area (Å²) >= 11 is 5.83. The zero-order valence-electron chi connectivity index (χ0n) is 11.3. The third kappa shape index (κ3) is 3.45. The molecule has 0 unspecified atom stereocenters. The molecule has 0 amide bonds. The number of ether oxygens (including phenoxy) is 1. The van der Waals surface area contributed by atoms with Gasteiger partial charge >= 0.3 is 5.97 Å². The van der Waals surface area contributed by atoms with E-state index in [9.17, 15) is 9.90 Å². The molecule has 0 spiro atoms. The van der Waals surface area contributed by atoms with E-state index in [4.69, 9.17) is 16.3 Å². The Kier molecular flexibility index (Phi) is 3.83. The van der Waals surface area contributed by atoms with Gasteiger partial charge in [0.15, 0.2) is 0 Å². The third-order valence-corrected chi connectivity index (χ3v) is 3.29. The molecule has 0 bridgehead atoms. The minimum Gasteiger partial charge on any atom is -0.460 e. The number of hydrogen-bond donors (Lipinski definition) is 1. The highest BCUT2D eigenvalue weighted by atomic mass is 35.5. The summed E-state index contributed by atoms with van der Waals surface area (Å²) in [5.41, 5.74) is 1.22. The van der Waals surface area contributed by atoms with Crippen LogP contribution in [0.25, 0.3) is 0 Å². The van der Waals surface area contributed by atoms with Crippen LogP contribution >= 0.6 is 11.6 Å². The molecule has 1 aliphatic carbocycles. The van der Waals surface area contributed by atoms with Gasteiger partial charge in [0.25, 0.3) is 0 Å². The maximum Gasteiger partial charge on any atom is 0.306 e. The molecular formula is C14H18ClNO3. The number of aliphatic hydroxyl groups is 1. The normalized spacial score (nSPS) is 22.2. The fraction of sp³-hybridized carbons (Fsp3) is 0.571. The number of aliphatic hydroxyl groups excluding tert-OH is 1. The van der Waals surface area contributed by atoms with E-state index < -0.39 is 11.7 Å². The lowest BCUT2D eigenvalue weighted by Gasteiger charge is -2.21. The summed E-state index contributed by atoms with van der Waals surface area (Å²) in [7, 11) is 0. The van der Waals surface area contributed by atoms with Crippen LogP contribution < -0.4 is 0 Å².